The van der Waals surface area contributed by atoms with Crippen LogP contribution in [0.2, 0.25) is 0 Å². The molecule has 7 heteroatoms. The van der Waals surface area contributed by atoms with Gasteiger partial charge in [0.2, 0.25) is 10.0 Å². The molecule has 0 aromatic rings. The van der Waals surface area contributed by atoms with Crippen LogP contribution in [0.3, 0.4) is 0 Å². The fourth-order valence-electron chi connectivity index (χ4n) is 2.15. The predicted molar refractivity (Wildman–Crippen MR) is 71.4 cm³/mol. The molecule has 0 saturated heterocycles. The summed E-state index contributed by atoms with van der Waals surface area (Å²) in [6.45, 7) is 3.49. The van der Waals surface area contributed by atoms with Crippen LogP contribution in [-0.2, 0) is 19.6 Å². The Balaban J connectivity index is 2.33. The molecule has 0 bridgehead atoms. The lowest BCUT2D eigenvalue weighted by atomic mass is 10.2. The van der Waals surface area contributed by atoms with E-state index in [0.29, 0.717) is 6.61 Å². The van der Waals surface area contributed by atoms with E-state index >= 15 is 0 Å². The maximum Gasteiger partial charge on any atom is 0.321 e. The van der Waals surface area contributed by atoms with Crippen molar-refractivity contribution in [3.63, 3.8) is 0 Å². The van der Waals surface area contributed by atoms with Crippen molar-refractivity contribution in [1.29, 1.82) is 0 Å². The first-order valence-electron chi connectivity index (χ1n) is 6.64. The lowest BCUT2D eigenvalue weighted by molar-refractivity contribution is -0.138. The van der Waals surface area contributed by atoms with Crippen molar-refractivity contribution < 1.29 is 23.1 Å². The van der Waals surface area contributed by atoms with Crippen LogP contribution in [0.15, 0.2) is 0 Å². The monoisotopic (exact) mass is 293 g/mol. The molecular weight excluding hydrogens is 270 g/mol. The van der Waals surface area contributed by atoms with E-state index in [-0.39, 0.29) is 17.8 Å². The molecule has 0 aromatic carbocycles. The van der Waals surface area contributed by atoms with Crippen molar-refractivity contribution >= 4 is 16.0 Å². The number of sulfonamides is 1. The molecule has 6 nitrogen and oxygen atoms in total. The lowest BCUT2D eigenvalue weighted by Gasteiger charge is -2.17. The molecule has 112 valence electrons. The van der Waals surface area contributed by atoms with E-state index < -0.39 is 22.0 Å². The molecule has 2 N–H and O–H groups in total. The zero-order valence-electron chi connectivity index (χ0n) is 11.5. The maximum absolute atomic E-state index is 11.7. The van der Waals surface area contributed by atoms with Crippen LogP contribution in [0.4, 0.5) is 0 Å². The first kappa shape index (κ1) is 16.4. The third-order valence-corrected chi connectivity index (χ3v) is 4.87. The third kappa shape index (κ3) is 6.35. The van der Waals surface area contributed by atoms with Gasteiger partial charge in [0.1, 0.15) is 6.04 Å². The predicted octanol–water partition coefficient (Wildman–Crippen LogP) is 0.974. The summed E-state index contributed by atoms with van der Waals surface area (Å²) in [5.74, 6) is -1.45. The largest absolute Gasteiger partial charge is 0.480 e. The summed E-state index contributed by atoms with van der Waals surface area (Å²) < 4.78 is 31.2. The van der Waals surface area contributed by atoms with E-state index in [2.05, 4.69) is 4.72 Å². The first-order chi connectivity index (χ1) is 8.80. The molecule has 0 amide bonds. The van der Waals surface area contributed by atoms with E-state index in [1.54, 1.807) is 6.92 Å². The van der Waals surface area contributed by atoms with Gasteiger partial charge >= 0.3 is 5.97 Å². The third-order valence-electron chi connectivity index (χ3n) is 3.15. The van der Waals surface area contributed by atoms with Crippen LogP contribution in [0, 0.1) is 5.92 Å². The Labute approximate surface area is 114 Å². The molecule has 0 heterocycles. The topological polar surface area (TPSA) is 92.7 Å². The van der Waals surface area contributed by atoms with Crippen molar-refractivity contribution in [3.05, 3.63) is 0 Å². The summed E-state index contributed by atoms with van der Waals surface area (Å²) in [5, 5.41) is 8.67. The Kier molecular flexibility index (Phi) is 6.22. The quantitative estimate of drug-likeness (QED) is 0.695. The minimum absolute atomic E-state index is 0.114. The van der Waals surface area contributed by atoms with Crippen LogP contribution in [-0.4, -0.2) is 44.0 Å². The molecule has 2 atom stereocenters. The number of carboxylic acids is 1. The van der Waals surface area contributed by atoms with Gasteiger partial charge in [0.05, 0.1) is 18.5 Å². The van der Waals surface area contributed by atoms with E-state index in [9.17, 15) is 13.2 Å². The Morgan fingerprint density at radius 2 is 1.95 bits per heavy atom. The molecule has 0 aromatic heterocycles. The van der Waals surface area contributed by atoms with Crippen LogP contribution in [0.5, 0.6) is 0 Å². The van der Waals surface area contributed by atoms with Gasteiger partial charge in [-0.05, 0) is 25.7 Å². The number of carbonyl (C=O) groups is 1. The van der Waals surface area contributed by atoms with Gasteiger partial charge in [0, 0.05) is 0 Å². The molecule has 2 unspecified atom stereocenters. The fourth-order valence-corrected chi connectivity index (χ4v) is 3.73. The molecule has 1 rings (SSSR count). The van der Waals surface area contributed by atoms with Crippen molar-refractivity contribution in [2.24, 2.45) is 5.92 Å². The van der Waals surface area contributed by atoms with Gasteiger partial charge < -0.3 is 9.84 Å². The summed E-state index contributed by atoms with van der Waals surface area (Å²) >= 11 is 0. The number of carboxylic acid groups (broad SMARTS) is 1. The Hall–Kier alpha value is -0.660. The van der Waals surface area contributed by atoms with E-state index in [4.69, 9.17) is 9.84 Å². The van der Waals surface area contributed by atoms with Crippen molar-refractivity contribution in [1.82, 2.24) is 4.72 Å². The number of hydrogen-bond donors (Lipinski definition) is 2. The summed E-state index contributed by atoms with van der Waals surface area (Å²) in [4.78, 5) is 10.6. The van der Waals surface area contributed by atoms with Gasteiger partial charge in [-0.3, -0.25) is 4.79 Å². The molecular formula is C12H23NO5S. The molecule has 0 spiro atoms. The molecule has 0 radical (unpaired) electrons. The second kappa shape index (κ2) is 7.21. The van der Waals surface area contributed by atoms with E-state index in [1.165, 1.54) is 19.8 Å². The van der Waals surface area contributed by atoms with Gasteiger partial charge in [-0.25, -0.2) is 13.1 Å². The average Bonchev–Trinajstić information content (AvgIpc) is 2.77. The summed E-state index contributed by atoms with van der Waals surface area (Å²) in [6, 6.07) is -1.10. The molecule has 1 aliphatic carbocycles. The summed E-state index contributed by atoms with van der Waals surface area (Å²) in [6.07, 6.45) is 4.71. The number of hydrogen-bond acceptors (Lipinski definition) is 4. The van der Waals surface area contributed by atoms with Crippen LogP contribution in [0.1, 0.15) is 39.5 Å². The van der Waals surface area contributed by atoms with Gasteiger partial charge in [-0.2, -0.15) is 0 Å². The highest BCUT2D eigenvalue weighted by molar-refractivity contribution is 7.89. The zero-order chi connectivity index (χ0) is 14.5. The van der Waals surface area contributed by atoms with Crippen LogP contribution >= 0.6 is 0 Å². The maximum atomic E-state index is 11.7. The van der Waals surface area contributed by atoms with Gasteiger partial charge in [-0.15, -0.1) is 0 Å². The number of nitrogens with one attached hydrogen (secondary N) is 1. The second-order valence-corrected chi connectivity index (χ2v) is 7.10. The number of aliphatic carboxylic acids is 1. The van der Waals surface area contributed by atoms with Gasteiger partial charge in [0.25, 0.3) is 0 Å². The van der Waals surface area contributed by atoms with Crippen molar-refractivity contribution in [2.45, 2.75) is 51.7 Å². The Morgan fingerprint density at radius 3 is 2.47 bits per heavy atom. The molecule has 1 aliphatic rings. The molecule has 19 heavy (non-hydrogen) atoms. The van der Waals surface area contributed by atoms with Gasteiger partial charge in [-0.1, -0.05) is 19.8 Å². The molecule has 0 aliphatic heterocycles. The van der Waals surface area contributed by atoms with E-state index in [1.807, 2.05) is 0 Å². The number of ether oxygens (including phenoxy) is 1. The average molecular weight is 293 g/mol. The molecule has 1 saturated carbocycles. The highest BCUT2D eigenvalue weighted by atomic mass is 32.2. The van der Waals surface area contributed by atoms with Crippen molar-refractivity contribution in [2.75, 3.05) is 12.4 Å². The van der Waals surface area contributed by atoms with Gasteiger partial charge in [0.15, 0.2) is 0 Å². The fraction of sp³-hybridized carbons (Fsp3) is 0.917. The smallest absolute Gasteiger partial charge is 0.321 e. The highest BCUT2D eigenvalue weighted by Gasteiger charge is 2.23. The first-order valence-corrected chi connectivity index (χ1v) is 8.30. The summed E-state index contributed by atoms with van der Waals surface area (Å²) in [5.41, 5.74) is 0. The Bertz CT molecular complexity index is 389. The van der Waals surface area contributed by atoms with Crippen molar-refractivity contribution in [3.8, 4) is 0 Å². The SMILES string of the molecule is CC(COC1CCCC1)CS(=O)(=O)NC(C)C(=O)O. The van der Waals surface area contributed by atoms with E-state index in [0.717, 1.165) is 12.8 Å². The molecule has 1 fully saturated rings. The normalized spacial score (nSPS) is 20.3. The zero-order valence-corrected chi connectivity index (χ0v) is 12.3. The van der Waals surface area contributed by atoms with Crippen LogP contribution in [0.25, 0.3) is 0 Å². The van der Waals surface area contributed by atoms with Crippen LogP contribution < -0.4 is 4.72 Å². The highest BCUT2D eigenvalue weighted by Crippen LogP contribution is 2.21. The minimum atomic E-state index is -3.58. The lowest BCUT2D eigenvalue weighted by Crippen LogP contribution is -2.41. The minimum Gasteiger partial charge on any atom is -0.480 e. The Morgan fingerprint density at radius 1 is 1.37 bits per heavy atom. The second-order valence-electron chi connectivity index (χ2n) is 5.30. The summed E-state index contributed by atoms with van der Waals surface area (Å²) in [7, 11) is -3.58. The number of rotatable bonds is 8. The standard InChI is InChI=1S/C12H23NO5S/c1-9(7-18-11-5-3-4-6-11)8-19(16,17)13-10(2)12(14)15/h9-11,13H,3-8H2,1-2H3,(H,14,15).